The number of hydrogen-bond acceptors (Lipinski definition) is 5. The summed E-state index contributed by atoms with van der Waals surface area (Å²) in [6.45, 7) is 12.4. The normalized spacial score (nSPS) is 21.4. The Bertz CT molecular complexity index is 439. The average Bonchev–Trinajstić information content (AvgIpc) is 2.79. The Labute approximate surface area is 126 Å². The van der Waals surface area contributed by atoms with Gasteiger partial charge < -0.3 is 15.0 Å². The molecule has 1 aliphatic heterocycles. The van der Waals surface area contributed by atoms with Gasteiger partial charge in [-0.2, -0.15) is 0 Å². The minimum Gasteiger partial charge on any atom is -0.368 e. The highest BCUT2D eigenvalue weighted by Crippen LogP contribution is 2.29. The molecule has 1 unspecified atom stereocenters. The third-order valence-electron chi connectivity index (χ3n) is 3.45. The lowest BCUT2D eigenvalue weighted by molar-refractivity contribution is -0.0210. The fraction of sp³-hybridized carbons (Fsp3) is 0.800. The van der Waals surface area contributed by atoms with Crippen LogP contribution in [0.25, 0.3) is 0 Å². The molecule has 4 nitrogen and oxygen atoms in total. The van der Waals surface area contributed by atoms with Crippen LogP contribution < -0.4 is 5.32 Å². The monoisotopic (exact) mass is 297 g/mol. The molecule has 114 valence electrons. The Kier molecular flexibility index (Phi) is 5.18. The van der Waals surface area contributed by atoms with E-state index in [4.69, 9.17) is 9.72 Å². The van der Waals surface area contributed by atoms with Crippen molar-refractivity contribution in [2.45, 2.75) is 52.3 Å². The summed E-state index contributed by atoms with van der Waals surface area (Å²) < 4.78 is 5.88. The van der Waals surface area contributed by atoms with E-state index >= 15 is 0 Å². The Morgan fingerprint density at radius 2 is 2.20 bits per heavy atom. The molecular weight excluding hydrogens is 270 g/mol. The molecule has 1 fully saturated rings. The quantitative estimate of drug-likeness (QED) is 0.927. The number of hydrogen-bond donors (Lipinski definition) is 1. The first-order valence-corrected chi connectivity index (χ1v) is 8.24. The largest absolute Gasteiger partial charge is 0.368 e. The van der Waals surface area contributed by atoms with Gasteiger partial charge in [0.15, 0.2) is 0 Å². The van der Waals surface area contributed by atoms with Gasteiger partial charge in [0.1, 0.15) is 11.1 Å². The van der Waals surface area contributed by atoms with E-state index in [0.29, 0.717) is 0 Å². The van der Waals surface area contributed by atoms with Crippen molar-refractivity contribution in [3.63, 3.8) is 0 Å². The molecule has 1 aliphatic rings. The minimum absolute atomic E-state index is 0.136. The van der Waals surface area contributed by atoms with Crippen molar-refractivity contribution in [1.82, 2.24) is 15.2 Å². The first-order valence-electron chi connectivity index (χ1n) is 7.42. The molecule has 1 aromatic rings. The van der Waals surface area contributed by atoms with Gasteiger partial charge in [-0.3, -0.25) is 0 Å². The summed E-state index contributed by atoms with van der Waals surface area (Å²) in [5.74, 6) is 0. The Morgan fingerprint density at radius 1 is 1.45 bits per heavy atom. The van der Waals surface area contributed by atoms with Crippen molar-refractivity contribution in [2.75, 3.05) is 26.7 Å². The number of likely N-dealkylation sites (N-methyl/N-ethyl adjacent to an activating group) is 1. The Hall–Kier alpha value is -0.490. The van der Waals surface area contributed by atoms with Gasteiger partial charge in [-0.15, -0.1) is 11.3 Å². The molecule has 5 heteroatoms. The molecule has 0 bridgehead atoms. The minimum atomic E-state index is 0.136. The molecular formula is C15H27N3OS. The van der Waals surface area contributed by atoms with E-state index in [0.717, 1.165) is 37.7 Å². The zero-order valence-corrected chi connectivity index (χ0v) is 14.1. The molecule has 1 atom stereocenters. The standard InChI is InChI=1S/C15H27N3OS/c1-6-11-13(9-16-15(2,3)4)20-14(17-11)12-10-18(5)7-8-19-12/h12,16H,6-10H2,1-5H3. The molecule has 2 rings (SSSR count). The fourth-order valence-corrected chi connectivity index (χ4v) is 3.36. The third kappa shape index (κ3) is 4.25. The van der Waals surface area contributed by atoms with E-state index in [-0.39, 0.29) is 11.6 Å². The van der Waals surface area contributed by atoms with Gasteiger partial charge in [0.2, 0.25) is 0 Å². The summed E-state index contributed by atoms with van der Waals surface area (Å²) in [6, 6.07) is 0. The van der Waals surface area contributed by atoms with Gasteiger partial charge >= 0.3 is 0 Å². The Morgan fingerprint density at radius 3 is 2.80 bits per heavy atom. The number of ether oxygens (including phenoxy) is 1. The highest BCUT2D eigenvalue weighted by atomic mass is 32.1. The van der Waals surface area contributed by atoms with Gasteiger partial charge in [-0.1, -0.05) is 6.92 Å². The van der Waals surface area contributed by atoms with Crippen LogP contribution >= 0.6 is 11.3 Å². The second kappa shape index (κ2) is 6.52. The highest BCUT2D eigenvalue weighted by molar-refractivity contribution is 7.11. The first kappa shape index (κ1) is 15.9. The van der Waals surface area contributed by atoms with Crippen molar-refractivity contribution in [3.05, 3.63) is 15.6 Å². The van der Waals surface area contributed by atoms with E-state index < -0.39 is 0 Å². The average molecular weight is 297 g/mol. The topological polar surface area (TPSA) is 37.4 Å². The zero-order valence-electron chi connectivity index (χ0n) is 13.3. The number of aryl methyl sites for hydroxylation is 1. The van der Waals surface area contributed by atoms with Gasteiger partial charge in [0.05, 0.1) is 12.3 Å². The molecule has 1 N–H and O–H groups in total. The predicted molar refractivity (Wildman–Crippen MR) is 84.3 cm³/mol. The fourth-order valence-electron chi connectivity index (χ4n) is 2.23. The molecule has 0 spiro atoms. The SMILES string of the molecule is CCc1nc(C2CN(C)CCO2)sc1CNC(C)(C)C. The maximum absolute atomic E-state index is 5.88. The summed E-state index contributed by atoms with van der Waals surface area (Å²) in [7, 11) is 2.14. The second-order valence-electron chi connectivity index (χ2n) is 6.50. The second-order valence-corrected chi connectivity index (χ2v) is 7.62. The van der Waals surface area contributed by atoms with Gasteiger partial charge in [0.25, 0.3) is 0 Å². The molecule has 0 saturated carbocycles. The van der Waals surface area contributed by atoms with Gasteiger partial charge in [-0.05, 0) is 34.2 Å². The van der Waals surface area contributed by atoms with E-state index in [1.807, 2.05) is 11.3 Å². The zero-order chi connectivity index (χ0) is 14.8. The molecule has 2 heterocycles. The molecule has 1 saturated heterocycles. The first-order chi connectivity index (χ1) is 9.39. The van der Waals surface area contributed by atoms with E-state index in [9.17, 15) is 0 Å². The molecule has 0 radical (unpaired) electrons. The van der Waals surface area contributed by atoms with Crippen LogP contribution in [0.15, 0.2) is 0 Å². The number of rotatable bonds is 4. The van der Waals surface area contributed by atoms with Crippen LogP contribution in [0.5, 0.6) is 0 Å². The van der Waals surface area contributed by atoms with Crippen molar-refractivity contribution < 1.29 is 4.74 Å². The molecule has 0 aliphatic carbocycles. The number of nitrogens with zero attached hydrogens (tertiary/aromatic N) is 2. The van der Waals surface area contributed by atoms with Crippen molar-refractivity contribution in [1.29, 1.82) is 0 Å². The lowest BCUT2D eigenvalue weighted by atomic mass is 10.1. The van der Waals surface area contributed by atoms with E-state index in [2.05, 4.69) is 45.0 Å². The smallest absolute Gasteiger partial charge is 0.123 e. The van der Waals surface area contributed by atoms with E-state index in [1.54, 1.807) is 0 Å². The maximum atomic E-state index is 5.88. The summed E-state index contributed by atoms with van der Waals surface area (Å²) in [6.07, 6.45) is 1.13. The van der Waals surface area contributed by atoms with Crippen molar-refractivity contribution in [3.8, 4) is 0 Å². The van der Waals surface area contributed by atoms with Gasteiger partial charge in [-0.25, -0.2) is 4.98 Å². The number of aromatic nitrogens is 1. The molecule has 1 aromatic heterocycles. The molecule has 20 heavy (non-hydrogen) atoms. The van der Waals surface area contributed by atoms with Crippen LogP contribution in [-0.4, -0.2) is 42.2 Å². The molecule has 0 amide bonds. The van der Waals surface area contributed by atoms with Crippen molar-refractivity contribution >= 4 is 11.3 Å². The van der Waals surface area contributed by atoms with Crippen LogP contribution in [0, 0.1) is 0 Å². The van der Waals surface area contributed by atoms with Crippen molar-refractivity contribution in [2.24, 2.45) is 0 Å². The maximum Gasteiger partial charge on any atom is 0.123 e. The van der Waals surface area contributed by atoms with Crippen LogP contribution in [0.2, 0.25) is 0 Å². The van der Waals surface area contributed by atoms with Crippen LogP contribution in [0.4, 0.5) is 0 Å². The van der Waals surface area contributed by atoms with Crippen LogP contribution in [0.3, 0.4) is 0 Å². The van der Waals surface area contributed by atoms with Crippen LogP contribution in [-0.2, 0) is 17.7 Å². The number of morpholine rings is 1. The third-order valence-corrected chi connectivity index (χ3v) is 4.64. The number of thiazole rings is 1. The predicted octanol–water partition coefficient (Wildman–Crippen LogP) is 2.60. The summed E-state index contributed by atoms with van der Waals surface area (Å²) in [5, 5.41) is 4.70. The summed E-state index contributed by atoms with van der Waals surface area (Å²) in [5.41, 5.74) is 1.36. The van der Waals surface area contributed by atoms with E-state index in [1.165, 1.54) is 10.6 Å². The number of nitrogens with one attached hydrogen (secondary N) is 1. The molecule has 0 aromatic carbocycles. The van der Waals surface area contributed by atoms with Gasteiger partial charge in [0, 0.05) is 30.1 Å². The summed E-state index contributed by atoms with van der Waals surface area (Å²) >= 11 is 1.81. The van der Waals surface area contributed by atoms with Crippen LogP contribution in [0.1, 0.15) is 49.4 Å². The summed E-state index contributed by atoms with van der Waals surface area (Å²) in [4.78, 5) is 8.48. The highest BCUT2D eigenvalue weighted by Gasteiger charge is 2.24. The lowest BCUT2D eigenvalue weighted by Crippen LogP contribution is -2.35. The Balaban J connectivity index is 2.09. The lowest BCUT2D eigenvalue weighted by Gasteiger charge is -2.28.